The average molecular weight is 333 g/mol. The first-order chi connectivity index (χ1) is 11.6. The maximum Gasteiger partial charge on any atom is 0.269 e. The topological polar surface area (TPSA) is 58.9 Å². The Balaban J connectivity index is 1.41. The largest absolute Gasteiger partial charge is 0.376 e. The van der Waals surface area contributed by atoms with Crippen molar-refractivity contribution in [2.75, 3.05) is 39.3 Å². The van der Waals surface area contributed by atoms with Gasteiger partial charge in [0.2, 0.25) is 0 Å². The molecule has 2 aliphatic heterocycles. The predicted octanol–water partition coefficient (Wildman–Crippen LogP) is 2.32. The summed E-state index contributed by atoms with van der Waals surface area (Å²) in [6.07, 6.45) is 3.77. The third-order valence-corrected chi connectivity index (χ3v) is 5.21. The number of nitro benzene ring substituents is 1. The van der Waals surface area contributed by atoms with Crippen molar-refractivity contribution in [3.05, 3.63) is 39.9 Å². The Kier molecular flexibility index (Phi) is 5.81. The molecule has 132 valence electrons. The second kappa shape index (κ2) is 8.05. The van der Waals surface area contributed by atoms with E-state index in [4.69, 9.17) is 4.74 Å². The molecule has 0 amide bonds. The molecular formula is C18H27N3O3. The number of benzene rings is 1. The van der Waals surface area contributed by atoms with Crippen LogP contribution in [0.1, 0.15) is 25.3 Å². The van der Waals surface area contributed by atoms with Crippen LogP contribution in [-0.2, 0) is 11.2 Å². The molecule has 1 aromatic rings. The van der Waals surface area contributed by atoms with Gasteiger partial charge in [0.1, 0.15) is 0 Å². The SMILES string of the molecule is C[C@H]1CN(C2CCN(CCc3ccc([N+](=O)[O-])cc3)CC2)CCO1. The zero-order valence-corrected chi connectivity index (χ0v) is 14.4. The van der Waals surface area contributed by atoms with Gasteiger partial charge in [-0.1, -0.05) is 12.1 Å². The lowest BCUT2D eigenvalue weighted by molar-refractivity contribution is -0.384. The van der Waals surface area contributed by atoms with Gasteiger partial charge in [0.15, 0.2) is 0 Å². The van der Waals surface area contributed by atoms with Crippen LogP contribution in [0.15, 0.2) is 24.3 Å². The third kappa shape index (κ3) is 4.53. The first-order valence-corrected chi connectivity index (χ1v) is 8.93. The lowest BCUT2D eigenvalue weighted by atomic mass is 10.0. The van der Waals surface area contributed by atoms with Crippen molar-refractivity contribution in [1.29, 1.82) is 0 Å². The van der Waals surface area contributed by atoms with E-state index in [1.54, 1.807) is 12.1 Å². The molecule has 0 unspecified atom stereocenters. The summed E-state index contributed by atoms with van der Waals surface area (Å²) in [7, 11) is 0. The molecule has 24 heavy (non-hydrogen) atoms. The van der Waals surface area contributed by atoms with Crippen molar-refractivity contribution < 1.29 is 9.66 Å². The Labute approximate surface area is 143 Å². The molecule has 0 radical (unpaired) electrons. The molecule has 6 nitrogen and oxygen atoms in total. The Morgan fingerprint density at radius 1 is 1.21 bits per heavy atom. The molecule has 2 saturated heterocycles. The fourth-order valence-corrected chi connectivity index (χ4v) is 3.76. The second-order valence-electron chi connectivity index (χ2n) is 6.92. The summed E-state index contributed by atoms with van der Waals surface area (Å²) < 4.78 is 5.64. The van der Waals surface area contributed by atoms with E-state index in [9.17, 15) is 10.1 Å². The van der Waals surface area contributed by atoms with Crippen LogP contribution >= 0.6 is 0 Å². The molecular weight excluding hydrogens is 306 g/mol. The number of nitro groups is 1. The van der Waals surface area contributed by atoms with E-state index in [0.717, 1.165) is 45.8 Å². The smallest absolute Gasteiger partial charge is 0.269 e. The fraction of sp³-hybridized carbons (Fsp3) is 0.667. The number of rotatable bonds is 5. The molecule has 6 heteroatoms. The van der Waals surface area contributed by atoms with Crippen LogP contribution < -0.4 is 0 Å². The highest BCUT2D eigenvalue weighted by molar-refractivity contribution is 5.32. The molecule has 2 heterocycles. The third-order valence-electron chi connectivity index (χ3n) is 5.21. The zero-order valence-electron chi connectivity index (χ0n) is 14.4. The number of hydrogen-bond acceptors (Lipinski definition) is 5. The first-order valence-electron chi connectivity index (χ1n) is 8.93. The van der Waals surface area contributed by atoms with Gasteiger partial charge in [-0.25, -0.2) is 0 Å². The Hall–Kier alpha value is -1.50. The lowest BCUT2D eigenvalue weighted by Gasteiger charge is -2.41. The molecule has 1 aromatic carbocycles. The molecule has 2 fully saturated rings. The Bertz CT molecular complexity index is 541. The molecule has 0 spiro atoms. The van der Waals surface area contributed by atoms with Crippen molar-refractivity contribution in [3.8, 4) is 0 Å². The maximum atomic E-state index is 10.7. The van der Waals surface area contributed by atoms with E-state index in [0.29, 0.717) is 12.1 Å². The van der Waals surface area contributed by atoms with Crippen molar-refractivity contribution in [2.45, 2.75) is 38.3 Å². The second-order valence-corrected chi connectivity index (χ2v) is 6.92. The van der Waals surface area contributed by atoms with Gasteiger partial charge in [0, 0.05) is 37.8 Å². The molecule has 0 bridgehead atoms. The van der Waals surface area contributed by atoms with Crippen LogP contribution in [0.3, 0.4) is 0 Å². The van der Waals surface area contributed by atoms with Crippen LogP contribution in [0.25, 0.3) is 0 Å². The van der Waals surface area contributed by atoms with E-state index in [1.165, 1.54) is 18.4 Å². The van der Waals surface area contributed by atoms with Crippen LogP contribution in [0.5, 0.6) is 0 Å². The monoisotopic (exact) mass is 333 g/mol. The predicted molar refractivity (Wildman–Crippen MR) is 93.2 cm³/mol. The van der Waals surface area contributed by atoms with Crippen molar-refractivity contribution >= 4 is 5.69 Å². The standard InChI is InChI=1S/C18H27N3O3/c1-15-14-20(12-13-24-15)17-7-10-19(11-8-17)9-6-16-2-4-18(5-3-16)21(22)23/h2-5,15,17H,6-14H2,1H3/t15-/m0/s1. The van der Waals surface area contributed by atoms with Gasteiger partial charge < -0.3 is 9.64 Å². The van der Waals surface area contributed by atoms with E-state index in [-0.39, 0.29) is 10.6 Å². The first kappa shape index (κ1) is 17.3. The van der Waals surface area contributed by atoms with E-state index in [2.05, 4.69) is 16.7 Å². The van der Waals surface area contributed by atoms with E-state index < -0.39 is 0 Å². The average Bonchev–Trinajstić information content (AvgIpc) is 2.61. The molecule has 0 aromatic heterocycles. The Morgan fingerprint density at radius 2 is 1.92 bits per heavy atom. The molecule has 0 saturated carbocycles. The van der Waals surface area contributed by atoms with Crippen LogP contribution in [-0.4, -0.2) is 66.2 Å². The van der Waals surface area contributed by atoms with Gasteiger partial charge in [-0.2, -0.15) is 0 Å². The normalized spacial score (nSPS) is 24.1. The van der Waals surface area contributed by atoms with Crippen molar-refractivity contribution in [3.63, 3.8) is 0 Å². The van der Waals surface area contributed by atoms with E-state index in [1.807, 2.05) is 12.1 Å². The molecule has 0 N–H and O–H groups in total. The summed E-state index contributed by atoms with van der Waals surface area (Å²) in [6.45, 7) is 8.47. The fourth-order valence-electron chi connectivity index (χ4n) is 3.76. The highest BCUT2D eigenvalue weighted by atomic mass is 16.6. The van der Waals surface area contributed by atoms with Gasteiger partial charge in [0.05, 0.1) is 17.6 Å². The van der Waals surface area contributed by atoms with Gasteiger partial charge in [-0.15, -0.1) is 0 Å². The van der Waals surface area contributed by atoms with Crippen LogP contribution in [0.2, 0.25) is 0 Å². The lowest BCUT2D eigenvalue weighted by Crippen LogP contribution is -2.51. The van der Waals surface area contributed by atoms with Gasteiger partial charge >= 0.3 is 0 Å². The van der Waals surface area contributed by atoms with Gasteiger partial charge in [-0.05, 0) is 44.8 Å². The summed E-state index contributed by atoms with van der Waals surface area (Å²) in [5.74, 6) is 0. The number of ether oxygens (including phenoxy) is 1. The quantitative estimate of drug-likeness (QED) is 0.611. The minimum atomic E-state index is -0.346. The molecule has 3 rings (SSSR count). The molecule has 0 aliphatic carbocycles. The summed E-state index contributed by atoms with van der Waals surface area (Å²) in [5.41, 5.74) is 1.34. The maximum absolute atomic E-state index is 10.7. The van der Waals surface area contributed by atoms with Crippen LogP contribution in [0.4, 0.5) is 5.69 Å². The number of piperidine rings is 1. The van der Waals surface area contributed by atoms with Gasteiger partial charge in [0.25, 0.3) is 5.69 Å². The Morgan fingerprint density at radius 3 is 2.54 bits per heavy atom. The summed E-state index contributed by atoms with van der Waals surface area (Å²) in [4.78, 5) is 15.5. The number of non-ortho nitro benzene ring substituents is 1. The highest BCUT2D eigenvalue weighted by Gasteiger charge is 2.27. The zero-order chi connectivity index (χ0) is 16.9. The van der Waals surface area contributed by atoms with Crippen LogP contribution in [0, 0.1) is 10.1 Å². The summed E-state index contributed by atoms with van der Waals surface area (Å²) in [5, 5.41) is 10.7. The number of hydrogen-bond donors (Lipinski definition) is 0. The number of nitrogens with zero attached hydrogens (tertiary/aromatic N) is 3. The molecule has 1 atom stereocenters. The molecule has 2 aliphatic rings. The summed E-state index contributed by atoms with van der Waals surface area (Å²) in [6, 6.07) is 7.65. The van der Waals surface area contributed by atoms with Gasteiger partial charge in [-0.3, -0.25) is 15.0 Å². The van der Waals surface area contributed by atoms with Crippen molar-refractivity contribution in [2.24, 2.45) is 0 Å². The minimum absolute atomic E-state index is 0.166. The number of likely N-dealkylation sites (tertiary alicyclic amines) is 1. The minimum Gasteiger partial charge on any atom is -0.376 e. The highest BCUT2D eigenvalue weighted by Crippen LogP contribution is 2.20. The van der Waals surface area contributed by atoms with Crippen molar-refractivity contribution in [1.82, 2.24) is 9.80 Å². The summed E-state index contributed by atoms with van der Waals surface area (Å²) >= 11 is 0. The van der Waals surface area contributed by atoms with E-state index >= 15 is 0 Å². The number of morpholine rings is 1.